The number of nitrogens with one attached hydrogen (secondary N) is 1. The highest BCUT2D eigenvalue weighted by Crippen LogP contribution is 2.36. The standard InChI is InChI=1S/C20H23N3O2S/c1-14-7-9-20(10-8-14)18(24)23(19(25)22-20)12-16-13-26-17(21-16)11-15-5-3-2-4-6-15/h2-6,13-14H,7-12H2,1H3,(H,22,25). The van der Waals surface area contributed by atoms with Crippen molar-refractivity contribution < 1.29 is 9.59 Å². The SMILES string of the molecule is CC1CCC2(CC1)NC(=O)N(Cc1csc(Cc3ccccc3)n1)C2=O. The topological polar surface area (TPSA) is 62.3 Å². The minimum atomic E-state index is -0.674. The van der Waals surface area contributed by atoms with Gasteiger partial charge in [-0.3, -0.25) is 9.69 Å². The normalized spacial score (nSPS) is 25.7. The van der Waals surface area contributed by atoms with Crippen LogP contribution in [0.25, 0.3) is 0 Å². The van der Waals surface area contributed by atoms with E-state index in [9.17, 15) is 9.59 Å². The van der Waals surface area contributed by atoms with Crippen LogP contribution < -0.4 is 5.32 Å². The minimum absolute atomic E-state index is 0.0768. The van der Waals surface area contributed by atoms with Crippen LogP contribution in [0.3, 0.4) is 0 Å². The van der Waals surface area contributed by atoms with Gasteiger partial charge < -0.3 is 5.32 Å². The van der Waals surface area contributed by atoms with Crippen molar-refractivity contribution in [2.75, 3.05) is 0 Å². The smallest absolute Gasteiger partial charge is 0.323 e. The van der Waals surface area contributed by atoms with Gasteiger partial charge in [-0.2, -0.15) is 0 Å². The molecule has 2 aromatic rings. The van der Waals surface area contributed by atoms with Crippen LogP contribution in [0.1, 0.15) is 48.9 Å². The first-order valence-electron chi connectivity index (χ1n) is 9.17. The number of carbonyl (C=O) groups is 2. The number of amides is 3. The second kappa shape index (κ2) is 6.83. The number of hydrogen-bond donors (Lipinski definition) is 1. The van der Waals surface area contributed by atoms with E-state index in [1.165, 1.54) is 10.5 Å². The van der Waals surface area contributed by atoms with Crippen LogP contribution in [0.2, 0.25) is 0 Å². The molecular weight excluding hydrogens is 346 g/mol. The van der Waals surface area contributed by atoms with Gasteiger partial charge in [-0.25, -0.2) is 9.78 Å². The molecule has 2 aliphatic rings. The lowest BCUT2D eigenvalue weighted by Gasteiger charge is -2.33. The minimum Gasteiger partial charge on any atom is -0.323 e. The number of imide groups is 1. The molecule has 2 heterocycles. The van der Waals surface area contributed by atoms with E-state index in [0.717, 1.165) is 42.8 Å². The third-order valence-electron chi connectivity index (χ3n) is 5.49. The van der Waals surface area contributed by atoms with Crippen molar-refractivity contribution in [1.29, 1.82) is 0 Å². The molecule has 1 N–H and O–H groups in total. The van der Waals surface area contributed by atoms with Crippen molar-refractivity contribution >= 4 is 23.3 Å². The number of benzene rings is 1. The lowest BCUT2D eigenvalue weighted by Crippen LogP contribution is -2.49. The molecule has 0 unspecified atom stereocenters. The summed E-state index contributed by atoms with van der Waals surface area (Å²) in [7, 11) is 0. The fourth-order valence-corrected chi connectivity index (χ4v) is 4.67. The Labute approximate surface area is 157 Å². The second-order valence-electron chi connectivity index (χ2n) is 7.48. The zero-order valence-electron chi connectivity index (χ0n) is 14.9. The predicted molar refractivity (Wildman–Crippen MR) is 101 cm³/mol. The predicted octanol–water partition coefficient (Wildman–Crippen LogP) is 3.73. The summed E-state index contributed by atoms with van der Waals surface area (Å²) < 4.78 is 0. The quantitative estimate of drug-likeness (QED) is 0.835. The van der Waals surface area contributed by atoms with Gasteiger partial charge in [0, 0.05) is 11.8 Å². The molecule has 0 radical (unpaired) electrons. The van der Waals surface area contributed by atoms with Gasteiger partial charge in [0.2, 0.25) is 0 Å². The number of thiazole rings is 1. The first kappa shape index (κ1) is 17.2. The Kier molecular flexibility index (Phi) is 4.53. The molecule has 1 saturated heterocycles. The van der Waals surface area contributed by atoms with Crippen LogP contribution in [0.4, 0.5) is 4.79 Å². The highest BCUT2D eigenvalue weighted by Gasteiger charge is 2.52. The van der Waals surface area contributed by atoms with Gasteiger partial charge >= 0.3 is 6.03 Å². The van der Waals surface area contributed by atoms with Crippen molar-refractivity contribution in [3.05, 3.63) is 52.0 Å². The molecule has 26 heavy (non-hydrogen) atoms. The molecule has 0 bridgehead atoms. The summed E-state index contributed by atoms with van der Waals surface area (Å²) in [5.41, 5.74) is 1.32. The summed E-state index contributed by atoms with van der Waals surface area (Å²) in [5, 5.41) is 5.92. The number of rotatable bonds is 4. The summed E-state index contributed by atoms with van der Waals surface area (Å²) in [6, 6.07) is 9.90. The first-order valence-corrected chi connectivity index (χ1v) is 10.0. The van der Waals surface area contributed by atoms with Crippen LogP contribution in [0, 0.1) is 5.92 Å². The Morgan fingerprint density at radius 1 is 1.23 bits per heavy atom. The molecule has 1 aromatic heterocycles. The van der Waals surface area contributed by atoms with Gasteiger partial charge in [0.25, 0.3) is 5.91 Å². The highest BCUT2D eigenvalue weighted by atomic mass is 32.1. The first-order chi connectivity index (χ1) is 12.6. The van der Waals surface area contributed by atoms with Gasteiger partial charge in [-0.15, -0.1) is 11.3 Å². The lowest BCUT2D eigenvalue weighted by atomic mass is 9.77. The van der Waals surface area contributed by atoms with E-state index in [2.05, 4.69) is 29.4 Å². The molecule has 1 aliphatic carbocycles. The van der Waals surface area contributed by atoms with Gasteiger partial charge in [0.1, 0.15) is 5.54 Å². The number of aromatic nitrogens is 1. The molecule has 1 spiro atoms. The van der Waals surface area contributed by atoms with Gasteiger partial charge in [-0.1, -0.05) is 37.3 Å². The van der Waals surface area contributed by atoms with Crippen LogP contribution in [-0.2, 0) is 17.8 Å². The third kappa shape index (κ3) is 3.26. The van der Waals surface area contributed by atoms with Crippen LogP contribution in [0.5, 0.6) is 0 Å². The molecule has 4 rings (SSSR count). The van der Waals surface area contributed by atoms with Crippen LogP contribution in [0.15, 0.2) is 35.7 Å². The summed E-state index contributed by atoms with van der Waals surface area (Å²) in [6.07, 6.45) is 4.22. The molecular formula is C20H23N3O2S. The Bertz CT molecular complexity index is 809. The summed E-state index contributed by atoms with van der Waals surface area (Å²) in [6.45, 7) is 2.46. The van der Waals surface area contributed by atoms with E-state index in [1.54, 1.807) is 11.3 Å². The van der Waals surface area contributed by atoms with Gasteiger partial charge in [0.05, 0.1) is 17.2 Å². The van der Waals surface area contributed by atoms with Gasteiger partial charge in [-0.05, 0) is 37.2 Å². The zero-order chi connectivity index (χ0) is 18.1. The maximum atomic E-state index is 12.9. The van der Waals surface area contributed by atoms with E-state index in [4.69, 9.17) is 0 Å². The Morgan fingerprint density at radius 2 is 1.96 bits per heavy atom. The fourth-order valence-electron chi connectivity index (χ4n) is 3.85. The van der Waals surface area contributed by atoms with E-state index in [0.29, 0.717) is 5.92 Å². The van der Waals surface area contributed by atoms with Gasteiger partial charge in [0.15, 0.2) is 0 Å². The molecule has 136 valence electrons. The maximum absolute atomic E-state index is 12.9. The summed E-state index contributed by atoms with van der Waals surface area (Å²) in [4.78, 5) is 31.3. The molecule has 6 heteroatoms. The van der Waals surface area contributed by atoms with E-state index < -0.39 is 5.54 Å². The van der Waals surface area contributed by atoms with Crippen molar-refractivity contribution in [2.45, 2.75) is 51.1 Å². The molecule has 1 aromatic carbocycles. The maximum Gasteiger partial charge on any atom is 0.325 e. The van der Waals surface area contributed by atoms with E-state index >= 15 is 0 Å². The second-order valence-corrected chi connectivity index (χ2v) is 8.42. The largest absolute Gasteiger partial charge is 0.325 e. The zero-order valence-corrected chi connectivity index (χ0v) is 15.7. The highest BCUT2D eigenvalue weighted by molar-refractivity contribution is 7.09. The molecule has 1 aliphatic heterocycles. The monoisotopic (exact) mass is 369 g/mol. The number of nitrogens with zero attached hydrogens (tertiary/aromatic N) is 2. The number of carbonyl (C=O) groups excluding carboxylic acids is 2. The van der Waals surface area contributed by atoms with Crippen molar-refractivity contribution in [1.82, 2.24) is 15.2 Å². The number of hydrogen-bond acceptors (Lipinski definition) is 4. The molecule has 2 fully saturated rings. The van der Waals surface area contributed by atoms with Crippen LogP contribution >= 0.6 is 11.3 Å². The molecule has 1 saturated carbocycles. The van der Waals surface area contributed by atoms with Crippen LogP contribution in [-0.4, -0.2) is 27.4 Å². The number of urea groups is 1. The molecule has 5 nitrogen and oxygen atoms in total. The lowest BCUT2D eigenvalue weighted by molar-refractivity contribution is -0.133. The van der Waals surface area contributed by atoms with E-state index in [1.807, 2.05) is 23.6 Å². The Morgan fingerprint density at radius 3 is 2.69 bits per heavy atom. The van der Waals surface area contributed by atoms with Crippen molar-refractivity contribution in [2.24, 2.45) is 5.92 Å². The Balaban J connectivity index is 1.44. The van der Waals surface area contributed by atoms with E-state index in [-0.39, 0.29) is 18.5 Å². The molecule has 3 amide bonds. The Hall–Kier alpha value is -2.21. The summed E-state index contributed by atoms with van der Waals surface area (Å²) >= 11 is 1.58. The summed E-state index contributed by atoms with van der Waals surface area (Å²) in [5.74, 6) is 0.547. The fraction of sp³-hybridized carbons (Fsp3) is 0.450. The average Bonchev–Trinajstić information content (AvgIpc) is 3.17. The van der Waals surface area contributed by atoms with Crippen molar-refractivity contribution in [3.8, 4) is 0 Å². The average molecular weight is 369 g/mol. The molecule has 0 atom stereocenters. The third-order valence-corrected chi connectivity index (χ3v) is 6.39. The van der Waals surface area contributed by atoms with Crippen molar-refractivity contribution in [3.63, 3.8) is 0 Å².